The second-order valence-electron chi connectivity index (χ2n) is 5.34. The molecule has 1 atom stereocenters. The Morgan fingerprint density at radius 2 is 1.78 bits per heavy atom. The van der Waals surface area contributed by atoms with Crippen molar-refractivity contribution in [3.8, 4) is 0 Å². The number of rotatable bonds is 4. The molecular weight excluding hydrogens is 234 g/mol. The Bertz CT molecular complexity index is 391. The molecule has 2 rings (SSSR count). The highest BCUT2D eigenvalue weighted by Gasteiger charge is 2.39. The lowest BCUT2D eigenvalue weighted by Gasteiger charge is -2.33. The fraction of sp³-hybridized carbons (Fsp3) is 0.600. The molecule has 0 heterocycles. The van der Waals surface area contributed by atoms with Gasteiger partial charge in [0.25, 0.3) is 0 Å². The molecule has 0 aromatic heterocycles. The van der Waals surface area contributed by atoms with Gasteiger partial charge in [0.15, 0.2) is 0 Å². The average Bonchev–Trinajstić information content (AvgIpc) is 2.84. The van der Waals surface area contributed by atoms with Crippen LogP contribution in [0.1, 0.15) is 44.6 Å². The highest BCUT2D eigenvalue weighted by Crippen LogP contribution is 2.44. The molecule has 1 aliphatic carbocycles. The first-order valence-electron chi connectivity index (χ1n) is 6.70. The Morgan fingerprint density at radius 3 is 2.28 bits per heavy atom. The van der Waals surface area contributed by atoms with Gasteiger partial charge in [0, 0.05) is 12.0 Å². The summed E-state index contributed by atoms with van der Waals surface area (Å²) in [5.74, 6) is -1.11. The van der Waals surface area contributed by atoms with E-state index in [1.807, 2.05) is 6.92 Å². The monoisotopic (exact) mass is 254 g/mol. The van der Waals surface area contributed by atoms with Crippen LogP contribution in [0.25, 0.3) is 0 Å². The Balaban J connectivity index is 2.18. The zero-order valence-corrected chi connectivity index (χ0v) is 10.8. The summed E-state index contributed by atoms with van der Waals surface area (Å²) in [6, 6.07) is 3.85. The quantitative estimate of drug-likeness (QED) is 0.865. The zero-order chi connectivity index (χ0) is 13.2. The Morgan fingerprint density at radius 1 is 1.22 bits per heavy atom. The highest BCUT2D eigenvalue weighted by atomic mass is 19.1. The minimum Gasteiger partial charge on any atom is -0.392 e. The Labute approximate surface area is 107 Å². The standard InChI is InChI=1S/C15H20F2O/c1-2-15(8-3-4-9-15)14(18)10-11-12(16)6-5-7-13(11)17/h5-7,14,18H,2-4,8-10H2,1H3. The summed E-state index contributed by atoms with van der Waals surface area (Å²) in [5, 5.41) is 10.4. The largest absolute Gasteiger partial charge is 0.392 e. The van der Waals surface area contributed by atoms with Gasteiger partial charge in [0.05, 0.1) is 6.10 Å². The van der Waals surface area contributed by atoms with Crippen molar-refractivity contribution in [3.63, 3.8) is 0 Å². The van der Waals surface area contributed by atoms with Crippen LogP contribution in [0, 0.1) is 17.0 Å². The molecule has 1 saturated carbocycles. The van der Waals surface area contributed by atoms with Crippen LogP contribution in [0.2, 0.25) is 0 Å². The summed E-state index contributed by atoms with van der Waals surface area (Å²) in [7, 11) is 0. The van der Waals surface area contributed by atoms with E-state index >= 15 is 0 Å². The van der Waals surface area contributed by atoms with Gasteiger partial charge in [-0.2, -0.15) is 0 Å². The summed E-state index contributed by atoms with van der Waals surface area (Å²) in [6.45, 7) is 2.05. The molecule has 1 aromatic rings. The lowest BCUT2D eigenvalue weighted by atomic mass is 9.75. The number of hydrogen-bond acceptors (Lipinski definition) is 1. The maximum atomic E-state index is 13.6. The molecule has 1 N–H and O–H groups in total. The van der Waals surface area contributed by atoms with Crippen LogP contribution in [-0.4, -0.2) is 11.2 Å². The van der Waals surface area contributed by atoms with Gasteiger partial charge in [0.1, 0.15) is 11.6 Å². The molecular formula is C15H20F2O. The fourth-order valence-electron chi connectivity index (χ4n) is 3.14. The topological polar surface area (TPSA) is 20.2 Å². The maximum absolute atomic E-state index is 13.6. The van der Waals surface area contributed by atoms with E-state index in [0.29, 0.717) is 0 Å². The molecule has 0 bridgehead atoms. The van der Waals surface area contributed by atoms with Crippen LogP contribution < -0.4 is 0 Å². The Kier molecular flexibility index (Phi) is 4.00. The van der Waals surface area contributed by atoms with Crippen molar-refractivity contribution in [2.24, 2.45) is 5.41 Å². The highest BCUT2D eigenvalue weighted by molar-refractivity contribution is 5.21. The second-order valence-corrected chi connectivity index (χ2v) is 5.34. The zero-order valence-electron chi connectivity index (χ0n) is 10.8. The van der Waals surface area contributed by atoms with Crippen molar-refractivity contribution in [3.05, 3.63) is 35.4 Å². The van der Waals surface area contributed by atoms with E-state index in [2.05, 4.69) is 0 Å². The SMILES string of the molecule is CCC1(C(O)Cc2c(F)cccc2F)CCCC1. The first kappa shape index (κ1) is 13.5. The molecule has 0 radical (unpaired) electrons. The van der Waals surface area contributed by atoms with E-state index in [9.17, 15) is 13.9 Å². The predicted molar refractivity (Wildman–Crippen MR) is 67.3 cm³/mol. The first-order chi connectivity index (χ1) is 8.59. The van der Waals surface area contributed by atoms with Crippen molar-refractivity contribution in [1.29, 1.82) is 0 Å². The summed E-state index contributed by atoms with van der Waals surface area (Å²) >= 11 is 0. The Hall–Kier alpha value is -0.960. The molecule has 3 heteroatoms. The van der Waals surface area contributed by atoms with Gasteiger partial charge < -0.3 is 5.11 Å². The van der Waals surface area contributed by atoms with Crippen LogP contribution in [0.15, 0.2) is 18.2 Å². The molecule has 100 valence electrons. The lowest BCUT2D eigenvalue weighted by Crippen LogP contribution is -2.34. The third-order valence-electron chi connectivity index (χ3n) is 4.47. The molecule has 0 saturated heterocycles. The maximum Gasteiger partial charge on any atom is 0.129 e. The molecule has 18 heavy (non-hydrogen) atoms. The summed E-state index contributed by atoms with van der Waals surface area (Å²) in [6.07, 6.45) is 4.41. The molecule has 0 spiro atoms. The number of halogens is 2. The molecule has 0 amide bonds. The van der Waals surface area contributed by atoms with Gasteiger partial charge in [-0.25, -0.2) is 8.78 Å². The number of benzene rings is 1. The number of aliphatic hydroxyl groups excluding tert-OH is 1. The van der Waals surface area contributed by atoms with E-state index in [1.54, 1.807) is 0 Å². The van der Waals surface area contributed by atoms with Gasteiger partial charge in [0.2, 0.25) is 0 Å². The van der Waals surface area contributed by atoms with E-state index in [1.165, 1.54) is 18.2 Å². The van der Waals surface area contributed by atoms with Crippen LogP contribution in [0.4, 0.5) is 8.78 Å². The minimum atomic E-state index is -0.656. The minimum absolute atomic E-state index is 0.0183. The van der Waals surface area contributed by atoms with Crippen LogP contribution in [0.5, 0.6) is 0 Å². The summed E-state index contributed by atoms with van der Waals surface area (Å²) < 4.78 is 27.2. The number of aliphatic hydroxyl groups is 1. The van der Waals surface area contributed by atoms with Gasteiger partial charge in [-0.1, -0.05) is 25.8 Å². The summed E-state index contributed by atoms with van der Waals surface area (Å²) in [5.41, 5.74) is -0.126. The lowest BCUT2D eigenvalue weighted by molar-refractivity contribution is 0.0245. The van der Waals surface area contributed by atoms with Gasteiger partial charge in [-0.3, -0.25) is 0 Å². The van der Waals surface area contributed by atoms with Crippen molar-refractivity contribution in [2.45, 2.75) is 51.6 Å². The smallest absolute Gasteiger partial charge is 0.129 e. The van der Waals surface area contributed by atoms with Crippen molar-refractivity contribution in [1.82, 2.24) is 0 Å². The van der Waals surface area contributed by atoms with Crippen molar-refractivity contribution >= 4 is 0 Å². The molecule has 1 unspecified atom stereocenters. The molecule has 1 aliphatic rings. The van der Waals surface area contributed by atoms with Crippen LogP contribution in [0.3, 0.4) is 0 Å². The van der Waals surface area contributed by atoms with Crippen molar-refractivity contribution < 1.29 is 13.9 Å². The van der Waals surface area contributed by atoms with E-state index in [0.717, 1.165) is 32.1 Å². The van der Waals surface area contributed by atoms with E-state index in [4.69, 9.17) is 0 Å². The third kappa shape index (κ3) is 2.41. The van der Waals surface area contributed by atoms with E-state index in [-0.39, 0.29) is 17.4 Å². The predicted octanol–water partition coefficient (Wildman–Crippen LogP) is 3.84. The normalized spacial score (nSPS) is 20.0. The molecule has 1 fully saturated rings. The molecule has 0 aliphatic heterocycles. The third-order valence-corrected chi connectivity index (χ3v) is 4.47. The van der Waals surface area contributed by atoms with Gasteiger partial charge in [-0.15, -0.1) is 0 Å². The van der Waals surface area contributed by atoms with Gasteiger partial charge in [-0.05, 0) is 36.8 Å². The van der Waals surface area contributed by atoms with Crippen LogP contribution >= 0.6 is 0 Å². The second kappa shape index (κ2) is 5.35. The molecule has 1 aromatic carbocycles. The van der Waals surface area contributed by atoms with E-state index < -0.39 is 17.7 Å². The average molecular weight is 254 g/mol. The summed E-state index contributed by atoms with van der Waals surface area (Å²) in [4.78, 5) is 0. The van der Waals surface area contributed by atoms with Gasteiger partial charge >= 0.3 is 0 Å². The number of hydrogen-bond donors (Lipinski definition) is 1. The van der Waals surface area contributed by atoms with Crippen molar-refractivity contribution in [2.75, 3.05) is 0 Å². The fourth-order valence-corrected chi connectivity index (χ4v) is 3.14. The first-order valence-corrected chi connectivity index (χ1v) is 6.70. The molecule has 1 nitrogen and oxygen atoms in total. The van der Waals surface area contributed by atoms with Crippen LogP contribution in [-0.2, 0) is 6.42 Å².